The van der Waals surface area contributed by atoms with E-state index in [1.54, 1.807) is 0 Å². The second-order valence-electron chi connectivity index (χ2n) is 5.25. The second-order valence-corrected chi connectivity index (χ2v) is 5.25. The van der Waals surface area contributed by atoms with Crippen LogP contribution in [0.2, 0.25) is 0 Å². The molecule has 0 aromatic heterocycles. The summed E-state index contributed by atoms with van der Waals surface area (Å²) in [6, 6.07) is 3.82. The largest absolute Gasteiger partial charge is 0.454 e. The van der Waals surface area contributed by atoms with Crippen molar-refractivity contribution >= 4 is 5.91 Å². The molecule has 2 N–H and O–H groups in total. The molecule has 1 amide bonds. The van der Waals surface area contributed by atoms with Crippen LogP contribution in [0.15, 0.2) is 12.1 Å². The van der Waals surface area contributed by atoms with Gasteiger partial charge in [-0.2, -0.15) is 0 Å². The third kappa shape index (κ3) is 2.14. The first-order valence-corrected chi connectivity index (χ1v) is 6.43. The number of aliphatic hydroxyl groups is 1. The van der Waals surface area contributed by atoms with E-state index in [1.807, 2.05) is 19.1 Å². The summed E-state index contributed by atoms with van der Waals surface area (Å²) in [6.45, 7) is 2.60. The number of hydrogen-bond donors (Lipinski definition) is 2. The molecule has 0 atom stereocenters. The number of aliphatic hydroxyl groups excluding tert-OH is 1. The number of nitrogens with one attached hydrogen (secondary N) is 1. The number of carbonyl (C=O) groups is 1. The number of rotatable bonds is 4. The number of hydrogen-bond acceptors (Lipinski definition) is 4. The highest BCUT2D eigenvalue weighted by Crippen LogP contribution is 2.45. The maximum Gasteiger partial charge on any atom is 0.231 e. The van der Waals surface area contributed by atoms with Gasteiger partial charge in [0.05, 0.1) is 12.0 Å². The molecule has 1 heterocycles. The predicted molar refractivity (Wildman–Crippen MR) is 67.9 cm³/mol. The Labute approximate surface area is 111 Å². The second kappa shape index (κ2) is 4.42. The van der Waals surface area contributed by atoms with Crippen LogP contribution in [-0.4, -0.2) is 24.4 Å². The highest BCUT2D eigenvalue weighted by atomic mass is 16.7. The van der Waals surface area contributed by atoms with Crippen LogP contribution in [-0.2, 0) is 11.3 Å². The Balaban J connectivity index is 1.69. The molecule has 19 heavy (non-hydrogen) atoms. The zero-order valence-corrected chi connectivity index (χ0v) is 10.9. The molecule has 0 bridgehead atoms. The van der Waals surface area contributed by atoms with E-state index >= 15 is 0 Å². The van der Waals surface area contributed by atoms with Crippen LogP contribution >= 0.6 is 0 Å². The van der Waals surface area contributed by atoms with Gasteiger partial charge in [-0.1, -0.05) is 0 Å². The van der Waals surface area contributed by atoms with Crippen LogP contribution in [0.1, 0.15) is 24.0 Å². The molecule has 2 aliphatic rings. The van der Waals surface area contributed by atoms with Gasteiger partial charge in [-0.05, 0) is 43.0 Å². The topological polar surface area (TPSA) is 67.8 Å². The molecule has 3 rings (SSSR count). The first kappa shape index (κ1) is 12.3. The van der Waals surface area contributed by atoms with Crippen LogP contribution in [0.4, 0.5) is 0 Å². The molecule has 1 aromatic carbocycles. The number of ether oxygens (including phenoxy) is 2. The number of aryl methyl sites for hydroxylation is 1. The molecular formula is C14H17NO4. The first-order chi connectivity index (χ1) is 9.14. The SMILES string of the molecule is Cc1cc2c(cc1CNC(=O)C1(CO)CC1)OCO2. The van der Waals surface area contributed by atoms with Gasteiger partial charge in [0.2, 0.25) is 12.7 Å². The zero-order chi connectivity index (χ0) is 13.5. The van der Waals surface area contributed by atoms with Crippen molar-refractivity contribution in [2.75, 3.05) is 13.4 Å². The summed E-state index contributed by atoms with van der Waals surface area (Å²) in [5.41, 5.74) is 1.54. The maximum absolute atomic E-state index is 11.9. The van der Waals surface area contributed by atoms with E-state index < -0.39 is 5.41 Å². The highest BCUT2D eigenvalue weighted by Gasteiger charge is 2.49. The number of fused-ring (bicyclic) bond motifs is 1. The van der Waals surface area contributed by atoms with E-state index in [0.717, 1.165) is 35.5 Å². The molecule has 102 valence electrons. The van der Waals surface area contributed by atoms with Crippen LogP contribution in [0.25, 0.3) is 0 Å². The molecule has 0 spiro atoms. The Kier molecular flexibility index (Phi) is 2.86. The average Bonchev–Trinajstić information content (AvgIpc) is 3.09. The minimum Gasteiger partial charge on any atom is -0.454 e. The van der Waals surface area contributed by atoms with Crippen LogP contribution < -0.4 is 14.8 Å². The molecule has 0 saturated heterocycles. The summed E-state index contributed by atoms with van der Waals surface area (Å²) in [5, 5.41) is 12.1. The number of benzene rings is 1. The van der Waals surface area contributed by atoms with E-state index in [9.17, 15) is 9.90 Å². The molecular weight excluding hydrogens is 246 g/mol. The summed E-state index contributed by atoms with van der Waals surface area (Å²) in [7, 11) is 0. The van der Waals surface area contributed by atoms with Crippen molar-refractivity contribution in [2.45, 2.75) is 26.3 Å². The standard InChI is InChI=1S/C14H17NO4/c1-9-4-11-12(19-8-18-11)5-10(9)6-15-13(17)14(7-16)2-3-14/h4-5,16H,2-3,6-8H2,1H3,(H,15,17). The van der Waals surface area contributed by atoms with E-state index in [4.69, 9.17) is 9.47 Å². The van der Waals surface area contributed by atoms with Gasteiger partial charge in [-0.25, -0.2) is 0 Å². The lowest BCUT2D eigenvalue weighted by Crippen LogP contribution is -2.33. The van der Waals surface area contributed by atoms with Gasteiger partial charge in [0.15, 0.2) is 11.5 Å². The Morgan fingerprint density at radius 1 is 1.37 bits per heavy atom. The fourth-order valence-electron chi connectivity index (χ4n) is 2.25. The van der Waals surface area contributed by atoms with Gasteiger partial charge in [0, 0.05) is 6.54 Å². The summed E-state index contributed by atoms with van der Waals surface area (Å²) >= 11 is 0. The summed E-state index contributed by atoms with van der Waals surface area (Å²) < 4.78 is 10.6. The van der Waals surface area contributed by atoms with Crippen molar-refractivity contribution in [3.8, 4) is 11.5 Å². The van der Waals surface area contributed by atoms with Gasteiger partial charge in [-0.3, -0.25) is 4.79 Å². The van der Waals surface area contributed by atoms with Crippen LogP contribution in [0, 0.1) is 12.3 Å². The number of amides is 1. The van der Waals surface area contributed by atoms with Crippen molar-refractivity contribution in [1.82, 2.24) is 5.32 Å². The molecule has 5 nitrogen and oxygen atoms in total. The third-order valence-corrected chi connectivity index (χ3v) is 3.91. The van der Waals surface area contributed by atoms with E-state index in [1.165, 1.54) is 0 Å². The molecule has 1 fully saturated rings. The molecule has 1 aliphatic heterocycles. The first-order valence-electron chi connectivity index (χ1n) is 6.43. The molecule has 0 radical (unpaired) electrons. The van der Waals surface area contributed by atoms with E-state index in [-0.39, 0.29) is 19.3 Å². The maximum atomic E-state index is 11.9. The molecule has 0 unspecified atom stereocenters. The third-order valence-electron chi connectivity index (χ3n) is 3.91. The predicted octanol–water partition coefficient (Wildman–Crippen LogP) is 1.11. The van der Waals surface area contributed by atoms with Gasteiger partial charge in [-0.15, -0.1) is 0 Å². The Hall–Kier alpha value is -1.75. The van der Waals surface area contributed by atoms with Gasteiger partial charge >= 0.3 is 0 Å². The Bertz CT molecular complexity index is 522. The van der Waals surface area contributed by atoms with E-state index in [0.29, 0.717) is 6.54 Å². The lowest BCUT2D eigenvalue weighted by molar-refractivity contribution is -0.127. The summed E-state index contributed by atoms with van der Waals surface area (Å²) in [5.74, 6) is 1.41. The summed E-state index contributed by atoms with van der Waals surface area (Å²) in [6.07, 6.45) is 1.55. The number of carbonyl (C=O) groups excluding carboxylic acids is 1. The normalized spacial score (nSPS) is 18.2. The molecule has 1 aliphatic carbocycles. The van der Waals surface area contributed by atoms with Gasteiger partial charge in [0.25, 0.3) is 0 Å². The summed E-state index contributed by atoms with van der Waals surface area (Å²) in [4.78, 5) is 11.9. The minimum atomic E-state index is -0.524. The Morgan fingerprint density at radius 2 is 2.05 bits per heavy atom. The van der Waals surface area contributed by atoms with Crippen molar-refractivity contribution in [1.29, 1.82) is 0 Å². The highest BCUT2D eigenvalue weighted by molar-refractivity contribution is 5.85. The fraction of sp³-hybridized carbons (Fsp3) is 0.500. The molecule has 1 aromatic rings. The smallest absolute Gasteiger partial charge is 0.231 e. The lowest BCUT2D eigenvalue weighted by atomic mass is 10.1. The lowest BCUT2D eigenvalue weighted by Gasteiger charge is -2.13. The Morgan fingerprint density at radius 3 is 2.68 bits per heavy atom. The molecule has 5 heteroatoms. The zero-order valence-electron chi connectivity index (χ0n) is 10.9. The van der Waals surface area contributed by atoms with E-state index in [2.05, 4.69) is 5.32 Å². The fourth-order valence-corrected chi connectivity index (χ4v) is 2.25. The monoisotopic (exact) mass is 263 g/mol. The quantitative estimate of drug-likeness (QED) is 0.854. The van der Waals surface area contributed by atoms with Crippen molar-refractivity contribution < 1.29 is 19.4 Å². The van der Waals surface area contributed by atoms with Crippen LogP contribution in [0.5, 0.6) is 11.5 Å². The van der Waals surface area contributed by atoms with Crippen LogP contribution in [0.3, 0.4) is 0 Å². The van der Waals surface area contributed by atoms with Crippen molar-refractivity contribution in [2.24, 2.45) is 5.41 Å². The molecule has 1 saturated carbocycles. The van der Waals surface area contributed by atoms with Gasteiger partial charge < -0.3 is 19.9 Å². The minimum absolute atomic E-state index is 0.0629. The van der Waals surface area contributed by atoms with Crippen molar-refractivity contribution in [3.05, 3.63) is 23.3 Å². The average molecular weight is 263 g/mol. The van der Waals surface area contributed by atoms with Gasteiger partial charge in [0.1, 0.15) is 0 Å². The van der Waals surface area contributed by atoms with Crippen molar-refractivity contribution in [3.63, 3.8) is 0 Å².